The van der Waals surface area contributed by atoms with E-state index >= 15 is 0 Å². The second kappa shape index (κ2) is 6.90. The summed E-state index contributed by atoms with van der Waals surface area (Å²) in [5, 5.41) is 9.18. The summed E-state index contributed by atoms with van der Waals surface area (Å²) in [6.07, 6.45) is 0. The molecule has 1 fully saturated rings. The maximum absolute atomic E-state index is 12.9. The molecule has 0 saturated carbocycles. The number of hydrogen-bond acceptors (Lipinski definition) is 4. The molecule has 0 N–H and O–H groups in total. The topological polar surface area (TPSA) is 64.4 Å². The maximum Gasteiger partial charge on any atom is 0.266 e. The van der Waals surface area contributed by atoms with E-state index in [0.717, 1.165) is 5.56 Å². The lowest BCUT2D eigenvalue weighted by atomic mass is 9.90. The average molecular weight is 361 g/mol. The zero-order valence-corrected chi connectivity index (χ0v) is 15.1. The van der Waals surface area contributed by atoms with Gasteiger partial charge in [0.15, 0.2) is 5.11 Å². The van der Waals surface area contributed by atoms with Gasteiger partial charge in [0.1, 0.15) is 5.57 Å². The summed E-state index contributed by atoms with van der Waals surface area (Å²) in [5.74, 6) is -0.886. The molecule has 0 spiro atoms. The van der Waals surface area contributed by atoms with E-state index in [-0.39, 0.29) is 10.7 Å². The van der Waals surface area contributed by atoms with Gasteiger partial charge in [-0.15, -0.1) is 0 Å². The molecule has 128 valence electrons. The van der Waals surface area contributed by atoms with Gasteiger partial charge in [-0.05, 0) is 35.5 Å². The van der Waals surface area contributed by atoms with E-state index in [1.54, 1.807) is 38.4 Å². The molecule has 6 heteroatoms. The minimum atomic E-state index is -0.443. The summed E-state index contributed by atoms with van der Waals surface area (Å²) in [5.41, 5.74) is 2.50. The van der Waals surface area contributed by atoms with Crippen molar-refractivity contribution >= 4 is 34.7 Å². The molecular weight excluding hydrogens is 346 g/mol. The van der Waals surface area contributed by atoms with E-state index in [1.807, 2.05) is 30.3 Å². The molecule has 0 aliphatic carbocycles. The number of rotatable bonds is 2. The Labute approximate surface area is 156 Å². The number of benzene rings is 2. The maximum atomic E-state index is 12.9. The van der Waals surface area contributed by atoms with Crippen LogP contribution in [0.5, 0.6) is 0 Å². The van der Waals surface area contributed by atoms with E-state index in [1.165, 1.54) is 9.80 Å². The van der Waals surface area contributed by atoms with Crippen LogP contribution >= 0.6 is 12.2 Å². The fourth-order valence-corrected chi connectivity index (χ4v) is 2.98. The summed E-state index contributed by atoms with van der Waals surface area (Å²) in [4.78, 5) is 28.3. The smallest absolute Gasteiger partial charge is 0.266 e. The average Bonchev–Trinajstić information content (AvgIpc) is 2.69. The minimum absolute atomic E-state index is 0.0551. The molecule has 0 unspecified atom stereocenters. The van der Waals surface area contributed by atoms with Gasteiger partial charge in [-0.25, -0.2) is 0 Å². The Balaban J connectivity index is 2.30. The van der Waals surface area contributed by atoms with Crippen molar-refractivity contribution in [1.29, 1.82) is 5.26 Å². The van der Waals surface area contributed by atoms with Crippen LogP contribution in [0, 0.1) is 11.3 Å². The first-order valence-corrected chi connectivity index (χ1v) is 8.27. The van der Waals surface area contributed by atoms with Gasteiger partial charge < -0.3 is 0 Å². The molecule has 2 aromatic rings. The van der Waals surface area contributed by atoms with Gasteiger partial charge in [-0.3, -0.25) is 19.4 Å². The zero-order valence-electron chi connectivity index (χ0n) is 14.3. The number of thiocarbonyl (C=S) groups is 1. The second-order valence-corrected chi connectivity index (χ2v) is 6.18. The highest BCUT2D eigenvalue weighted by molar-refractivity contribution is 7.80. The Hall–Kier alpha value is -3.30. The van der Waals surface area contributed by atoms with E-state index < -0.39 is 11.8 Å². The van der Waals surface area contributed by atoms with Crippen molar-refractivity contribution in [2.75, 3.05) is 14.1 Å². The summed E-state index contributed by atoms with van der Waals surface area (Å²) in [6.45, 7) is 0. The largest absolute Gasteiger partial charge is 0.288 e. The molecule has 0 bridgehead atoms. The van der Waals surface area contributed by atoms with E-state index in [2.05, 4.69) is 6.07 Å². The number of hydrogen-bond donors (Lipinski definition) is 0. The fourth-order valence-electron chi connectivity index (χ4n) is 2.81. The predicted octanol–water partition coefficient (Wildman–Crippen LogP) is 2.58. The van der Waals surface area contributed by atoms with Crippen molar-refractivity contribution < 1.29 is 9.59 Å². The molecule has 2 aromatic carbocycles. The Morgan fingerprint density at radius 2 is 1.38 bits per heavy atom. The molecule has 1 aliphatic rings. The molecule has 0 aromatic heterocycles. The Bertz CT molecular complexity index is 946. The number of nitrogens with zero attached hydrogens (tertiary/aromatic N) is 3. The van der Waals surface area contributed by atoms with Crippen LogP contribution < -0.4 is 0 Å². The quantitative estimate of drug-likeness (QED) is 0.468. The minimum Gasteiger partial charge on any atom is -0.288 e. The third kappa shape index (κ3) is 2.89. The van der Waals surface area contributed by atoms with Crippen LogP contribution in [0.15, 0.2) is 60.2 Å². The fraction of sp³-hybridized carbons (Fsp3) is 0.100. The molecule has 2 amide bonds. The van der Waals surface area contributed by atoms with Crippen molar-refractivity contribution in [1.82, 2.24) is 9.80 Å². The Morgan fingerprint density at radius 3 is 1.88 bits per heavy atom. The molecule has 1 heterocycles. The number of likely N-dealkylation sites (N-methyl/N-ethyl adjacent to an activating group) is 2. The van der Waals surface area contributed by atoms with Gasteiger partial charge in [0.05, 0.1) is 11.6 Å². The summed E-state index contributed by atoms with van der Waals surface area (Å²) >= 11 is 5.16. The molecule has 0 radical (unpaired) electrons. The van der Waals surface area contributed by atoms with Crippen LogP contribution in [0.25, 0.3) is 5.57 Å². The number of carbonyl (C=O) groups excluding carboxylic acids is 2. The van der Waals surface area contributed by atoms with Crippen LogP contribution in [0.1, 0.15) is 16.7 Å². The van der Waals surface area contributed by atoms with Crippen LogP contribution in [-0.4, -0.2) is 40.8 Å². The van der Waals surface area contributed by atoms with Crippen LogP contribution in [0.4, 0.5) is 0 Å². The van der Waals surface area contributed by atoms with Crippen molar-refractivity contribution in [3.63, 3.8) is 0 Å². The monoisotopic (exact) mass is 361 g/mol. The van der Waals surface area contributed by atoms with Gasteiger partial charge in [0.2, 0.25) is 0 Å². The summed E-state index contributed by atoms with van der Waals surface area (Å²) in [7, 11) is 3.10. The molecule has 5 nitrogen and oxygen atoms in total. The SMILES string of the molecule is CN1C(=O)C(=C(c2ccccc2)c2ccc(C#N)cc2)C(=O)N(C)C1=S. The predicted molar refractivity (Wildman–Crippen MR) is 102 cm³/mol. The van der Waals surface area contributed by atoms with Crippen LogP contribution in [-0.2, 0) is 9.59 Å². The lowest BCUT2D eigenvalue weighted by Crippen LogP contribution is -2.53. The number of carbonyl (C=O) groups is 2. The molecule has 1 saturated heterocycles. The van der Waals surface area contributed by atoms with Crippen LogP contribution in [0.2, 0.25) is 0 Å². The zero-order chi connectivity index (χ0) is 18.8. The molecular formula is C20H15N3O2S. The lowest BCUT2D eigenvalue weighted by molar-refractivity contribution is -0.132. The normalized spacial score (nSPS) is 14.5. The van der Waals surface area contributed by atoms with Crippen molar-refractivity contribution in [2.45, 2.75) is 0 Å². The number of nitriles is 1. The van der Waals surface area contributed by atoms with E-state index in [0.29, 0.717) is 16.7 Å². The standard InChI is InChI=1S/C20H15N3O2S/c1-22-18(24)17(19(25)23(2)20(22)26)16(14-6-4-3-5-7-14)15-10-8-13(12-21)9-11-15/h3-11H,1-2H3. The van der Waals surface area contributed by atoms with E-state index in [9.17, 15) is 9.59 Å². The van der Waals surface area contributed by atoms with Gasteiger partial charge in [-0.1, -0.05) is 42.5 Å². The summed E-state index contributed by atoms with van der Waals surface area (Å²) in [6, 6.07) is 18.1. The summed E-state index contributed by atoms with van der Waals surface area (Å²) < 4.78 is 0. The van der Waals surface area contributed by atoms with Crippen molar-refractivity contribution in [2.24, 2.45) is 0 Å². The molecule has 1 aliphatic heterocycles. The van der Waals surface area contributed by atoms with Crippen molar-refractivity contribution in [3.05, 3.63) is 76.9 Å². The molecule has 26 heavy (non-hydrogen) atoms. The highest BCUT2D eigenvalue weighted by Gasteiger charge is 2.38. The van der Waals surface area contributed by atoms with Crippen LogP contribution in [0.3, 0.4) is 0 Å². The van der Waals surface area contributed by atoms with Gasteiger partial charge in [0.25, 0.3) is 11.8 Å². The van der Waals surface area contributed by atoms with Crippen molar-refractivity contribution in [3.8, 4) is 6.07 Å². The van der Waals surface area contributed by atoms with Gasteiger partial charge in [0, 0.05) is 19.7 Å². The first-order chi connectivity index (χ1) is 12.5. The lowest BCUT2D eigenvalue weighted by Gasteiger charge is -2.33. The molecule has 3 rings (SSSR count). The van der Waals surface area contributed by atoms with Gasteiger partial charge >= 0.3 is 0 Å². The third-order valence-corrected chi connectivity index (χ3v) is 4.77. The first kappa shape index (κ1) is 17.5. The highest BCUT2D eigenvalue weighted by Crippen LogP contribution is 2.31. The second-order valence-electron chi connectivity index (χ2n) is 5.82. The Kier molecular flexibility index (Phi) is 4.65. The van der Waals surface area contributed by atoms with E-state index in [4.69, 9.17) is 17.5 Å². The highest BCUT2D eigenvalue weighted by atomic mass is 32.1. The Morgan fingerprint density at radius 1 is 0.885 bits per heavy atom. The van der Waals surface area contributed by atoms with Gasteiger partial charge in [-0.2, -0.15) is 5.26 Å². The third-order valence-electron chi connectivity index (χ3n) is 4.23. The molecule has 0 atom stereocenters. The first-order valence-electron chi connectivity index (χ1n) is 7.86. The number of amides is 2.